The number of ether oxygens (including phenoxy) is 2. The zero-order valence-electron chi connectivity index (χ0n) is 18.7. The van der Waals surface area contributed by atoms with Crippen LogP contribution in [0.4, 0.5) is 0 Å². The zero-order valence-corrected chi connectivity index (χ0v) is 18.7. The van der Waals surface area contributed by atoms with E-state index in [4.69, 9.17) is 9.47 Å². The Hall–Kier alpha value is -2.59. The molecular formula is C26H35NO3. The Balaban J connectivity index is 2.20. The molecule has 4 nitrogen and oxygen atoms in total. The third-order valence-corrected chi connectivity index (χ3v) is 5.60. The predicted molar refractivity (Wildman–Crippen MR) is 123 cm³/mol. The zero-order chi connectivity index (χ0) is 22.0. The monoisotopic (exact) mass is 409 g/mol. The van der Waals surface area contributed by atoms with Gasteiger partial charge in [-0.3, -0.25) is 4.79 Å². The standard InChI is InChI=1S/C26H35NO3/c1-6-11-22(27-19-20-14-16-23(29-5)17-15-20)18-24(21-12-9-8-10-13-21)26(3,4)25(28)30-7-2/h6,8-10,12-17,22,24,27H,1,7,11,18-19H2,2-5H3/t22-,24+/m0/s1. The molecule has 4 heteroatoms. The highest BCUT2D eigenvalue weighted by Gasteiger charge is 2.40. The first-order valence-electron chi connectivity index (χ1n) is 10.6. The molecule has 0 radical (unpaired) electrons. The Kier molecular flexibility index (Phi) is 9.13. The van der Waals surface area contributed by atoms with Crippen molar-refractivity contribution < 1.29 is 14.3 Å². The molecule has 2 atom stereocenters. The average Bonchev–Trinajstić information content (AvgIpc) is 2.76. The highest BCUT2D eigenvalue weighted by atomic mass is 16.5. The van der Waals surface area contributed by atoms with Crippen LogP contribution in [0.2, 0.25) is 0 Å². The van der Waals surface area contributed by atoms with E-state index in [1.54, 1.807) is 7.11 Å². The second-order valence-corrected chi connectivity index (χ2v) is 8.09. The van der Waals surface area contributed by atoms with E-state index < -0.39 is 5.41 Å². The van der Waals surface area contributed by atoms with Gasteiger partial charge in [0.2, 0.25) is 0 Å². The number of esters is 1. The highest BCUT2D eigenvalue weighted by Crippen LogP contribution is 2.40. The van der Waals surface area contributed by atoms with Gasteiger partial charge in [0.15, 0.2) is 0 Å². The largest absolute Gasteiger partial charge is 0.497 e. The van der Waals surface area contributed by atoms with Crippen LogP contribution in [0.3, 0.4) is 0 Å². The fourth-order valence-electron chi connectivity index (χ4n) is 3.75. The topological polar surface area (TPSA) is 47.6 Å². The number of hydrogen-bond acceptors (Lipinski definition) is 4. The van der Waals surface area contributed by atoms with Gasteiger partial charge >= 0.3 is 5.97 Å². The van der Waals surface area contributed by atoms with Crippen molar-refractivity contribution in [1.29, 1.82) is 0 Å². The third kappa shape index (κ3) is 6.46. The van der Waals surface area contributed by atoms with Crippen molar-refractivity contribution in [2.24, 2.45) is 5.41 Å². The molecule has 2 aromatic carbocycles. The van der Waals surface area contributed by atoms with Crippen LogP contribution in [-0.2, 0) is 16.1 Å². The van der Waals surface area contributed by atoms with E-state index in [0.29, 0.717) is 6.61 Å². The van der Waals surface area contributed by atoms with Crippen molar-refractivity contribution in [3.63, 3.8) is 0 Å². The minimum Gasteiger partial charge on any atom is -0.497 e. The Morgan fingerprint density at radius 1 is 1.13 bits per heavy atom. The molecule has 2 rings (SSSR count). The normalized spacial score (nSPS) is 13.3. The molecule has 0 fully saturated rings. The summed E-state index contributed by atoms with van der Waals surface area (Å²) in [6, 6.07) is 18.5. The number of rotatable bonds is 12. The van der Waals surface area contributed by atoms with Crippen LogP contribution in [-0.4, -0.2) is 25.7 Å². The smallest absolute Gasteiger partial charge is 0.312 e. The third-order valence-electron chi connectivity index (χ3n) is 5.60. The first-order chi connectivity index (χ1) is 14.4. The summed E-state index contributed by atoms with van der Waals surface area (Å²) in [4.78, 5) is 12.8. The van der Waals surface area contributed by atoms with Gasteiger partial charge < -0.3 is 14.8 Å². The highest BCUT2D eigenvalue weighted by molar-refractivity contribution is 5.77. The summed E-state index contributed by atoms with van der Waals surface area (Å²) >= 11 is 0. The van der Waals surface area contributed by atoms with E-state index >= 15 is 0 Å². The number of carbonyl (C=O) groups is 1. The summed E-state index contributed by atoms with van der Waals surface area (Å²) in [5.74, 6) is 0.708. The van der Waals surface area contributed by atoms with E-state index in [1.165, 1.54) is 5.56 Å². The van der Waals surface area contributed by atoms with Crippen LogP contribution < -0.4 is 10.1 Å². The van der Waals surface area contributed by atoms with Crippen LogP contribution in [0.5, 0.6) is 5.75 Å². The Morgan fingerprint density at radius 2 is 1.80 bits per heavy atom. The molecule has 0 unspecified atom stereocenters. The van der Waals surface area contributed by atoms with Gasteiger partial charge in [-0.05, 0) is 56.9 Å². The van der Waals surface area contributed by atoms with E-state index in [9.17, 15) is 4.79 Å². The number of hydrogen-bond donors (Lipinski definition) is 1. The van der Waals surface area contributed by atoms with Crippen molar-refractivity contribution in [2.75, 3.05) is 13.7 Å². The quantitative estimate of drug-likeness (QED) is 0.372. The molecule has 0 aliphatic carbocycles. The molecule has 0 aromatic heterocycles. The molecule has 0 heterocycles. The summed E-state index contributed by atoms with van der Waals surface area (Å²) in [5, 5.41) is 3.65. The summed E-state index contributed by atoms with van der Waals surface area (Å²) in [6.07, 6.45) is 3.56. The van der Waals surface area contributed by atoms with Crippen LogP contribution in [0, 0.1) is 5.41 Å². The fraction of sp³-hybridized carbons (Fsp3) is 0.423. The maximum absolute atomic E-state index is 12.8. The molecule has 0 aliphatic heterocycles. The lowest BCUT2D eigenvalue weighted by molar-refractivity contribution is -0.155. The van der Waals surface area contributed by atoms with Gasteiger partial charge in [0.25, 0.3) is 0 Å². The van der Waals surface area contributed by atoms with Crippen molar-refractivity contribution in [3.05, 3.63) is 78.4 Å². The summed E-state index contributed by atoms with van der Waals surface area (Å²) < 4.78 is 10.6. The van der Waals surface area contributed by atoms with Gasteiger partial charge in [0.05, 0.1) is 19.1 Å². The lowest BCUT2D eigenvalue weighted by Crippen LogP contribution is -2.38. The lowest BCUT2D eigenvalue weighted by atomic mass is 9.71. The summed E-state index contributed by atoms with van der Waals surface area (Å²) in [6.45, 7) is 10.9. The molecular weight excluding hydrogens is 374 g/mol. The van der Waals surface area contributed by atoms with Crippen LogP contribution >= 0.6 is 0 Å². The van der Waals surface area contributed by atoms with E-state index in [0.717, 1.165) is 30.7 Å². The number of methoxy groups -OCH3 is 1. The fourth-order valence-corrected chi connectivity index (χ4v) is 3.75. The SMILES string of the molecule is C=CC[C@@H](C[C@H](c1ccccc1)C(C)(C)C(=O)OCC)NCc1ccc(OC)cc1. The molecule has 0 bridgehead atoms. The van der Waals surface area contributed by atoms with Gasteiger partial charge in [-0.2, -0.15) is 0 Å². The summed E-state index contributed by atoms with van der Waals surface area (Å²) in [7, 11) is 1.67. The molecule has 2 aromatic rings. The average molecular weight is 410 g/mol. The molecule has 0 amide bonds. The molecule has 0 saturated carbocycles. The van der Waals surface area contributed by atoms with Crippen molar-refractivity contribution in [3.8, 4) is 5.75 Å². The Bertz CT molecular complexity index is 784. The van der Waals surface area contributed by atoms with Crippen LogP contribution in [0.25, 0.3) is 0 Å². The van der Waals surface area contributed by atoms with Gasteiger partial charge in [0, 0.05) is 18.5 Å². The van der Waals surface area contributed by atoms with Crippen molar-refractivity contribution in [1.82, 2.24) is 5.32 Å². The molecule has 0 aliphatic rings. The first-order valence-corrected chi connectivity index (χ1v) is 10.6. The molecule has 30 heavy (non-hydrogen) atoms. The minimum absolute atomic E-state index is 0.0195. The number of benzene rings is 2. The Labute approximate surface area is 181 Å². The van der Waals surface area contributed by atoms with E-state index in [-0.39, 0.29) is 17.9 Å². The van der Waals surface area contributed by atoms with Gasteiger partial charge in [-0.1, -0.05) is 48.5 Å². The van der Waals surface area contributed by atoms with Crippen molar-refractivity contribution in [2.45, 2.75) is 52.1 Å². The maximum Gasteiger partial charge on any atom is 0.312 e. The lowest BCUT2D eigenvalue weighted by Gasteiger charge is -2.35. The second kappa shape index (κ2) is 11.6. The number of carbonyl (C=O) groups excluding carboxylic acids is 1. The van der Waals surface area contributed by atoms with Gasteiger partial charge in [-0.15, -0.1) is 6.58 Å². The Morgan fingerprint density at radius 3 is 2.37 bits per heavy atom. The molecule has 0 spiro atoms. The van der Waals surface area contributed by atoms with E-state index in [2.05, 4.69) is 36.2 Å². The van der Waals surface area contributed by atoms with Crippen molar-refractivity contribution >= 4 is 5.97 Å². The first kappa shape index (κ1) is 23.7. The molecule has 1 N–H and O–H groups in total. The van der Waals surface area contributed by atoms with Gasteiger partial charge in [-0.25, -0.2) is 0 Å². The molecule has 0 saturated heterocycles. The predicted octanol–water partition coefficient (Wildman–Crippen LogP) is 5.49. The maximum atomic E-state index is 12.8. The minimum atomic E-state index is -0.640. The van der Waals surface area contributed by atoms with E-state index in [1.807, 2.05) is 57.2 Å². The van der Waals surface area contributed by atoms with Gasteiger partial charge in [0.1, 0.15) is 5.75 Å². The number of nitrogens with one attached hydrogen (secondary N) is 1. The second-order valence-electron chi connectivity index (χ2n) is 8.09. The van der Waals surface area contributed by atoms with Crippen LogP contribution in [0.1, 0.15) is 50.7 Å². The van der Waals surface area contributed by atoms with Crippen LogP contribution in [0.15, 0.2) is 67.3 Å². The summed E-state index contributed by atoms with van der Waals surface area (Å²) in [5.41, 5.74) is 1.69. The molecule has 162 valence electrons.